The number of fused-ring (bicyclic) bond motifs is 1. The van der Waals surface area contributed by atoms with Crippen molar-refractivity contribution < 1.29 is 13.6 Å². The van der Waals surface area contributed by atoms with Crippen molar-refractivity contribution in [2.75, 3.05) is 0 Å². The van der Waals surface area contributed by atoms with Gasteiger partial charge in [0.15, 0.2) is 0 Å². The van der Waals surface area contributed by atoms with Crippen LogP contribution < -0.4 is 11.1 Å². The highest BCUT2D eigenvalue weighted by Gasteiger charge is 2.16. The van der Waals surface area contributed by atoms with Gasteiger partial charge in [0.2, 0.25) is 11.8 Å². The molecule has 3 aromatic carbocycles. The fraction of sp³-hybridized carbons (Fsp3) is 0.136. The normalized spacial score (nSPS) is 12.1. The lowest BCUT2D eigenvalue weighted by molar-refractivity contribution is -0.122. The van der Waals surface area contributed by atoms with Gasteiger partial charge in [-0.2, -0.15) is 4.68 Å². The van der Waals surface area contributed by atoms with E-state index in [4.69, 9.17) is 4.42 Å². The van der Waals surface area contributed by atoms with Crippen LogP contribution in [-0.4, -0.2) is 15.7 Å². The molecule has 146 valence electrons. The van der Waals surface area contributed by atoms with E-state index >= 15 is 0 Å². The molecule has 1 N–H and O–H groups in total. The Balaban J connectivity index is 1.50. The third kappa shape index (κ3) is 3.94. The monoisotopic (exact) mass is 391 g/mol. The molecule has 0 saturated heterocycles. The van der Waals surface area contributed by atoms with E-state index in [9.17, 15) is 14.0 Å². The molecule has 1 unspecified atom stereocenters. The quantitative estimate of drug-likeness (QED) is 0.563. The largest absolute Gasteiger partial charge is 0.437 e. The lowest BCUT2D eigenvalue weighted by atomic mass is 10.00. The lowest BCUT2D eigenvalue weighted by Gasteiger charge is -2.16. The van der Waals surface area contributed by atoms with Crippen LogP contribution in [0, 0.1) is 5.82 Å². The van der Waals surface area contributed by atoms with Crippen molar-refractivity contribution in [1.82, 2.24) is 15.1 Å². The van der Waals surface area contributed by atoms with E-state index in [1.54, 1.807) is 0 Å². The summed E-state index contributed by atoms with van der Waals surface area (Å²) in [6, 6.07) is 19.0. The molecule has 0 radical (unpaired) electrons. The van der Waals surface area contributed by atoms with Crippen LogP contribution in [0.25, 0.3) is 22.2 Å². The van der Waals surface area contributed by atoms with Crippen molar-refractivity contribution in [3.05, 3.63) is 88.7 Å². The molecule has 29 heavy (non-hydrogen) atoms. The van der Waals surface area contributed by atoms with Crippen LogP contribution in [0.5, 0.6) is 0 Å². The summed E-state index contributed by atoms with van der Waals surface area (Å²) in [5.41, 5.74) is 1.43. The van der Waals surface area contributed by atoms with Gasteiger partial charge >= 0.3 is 5.76 Å². The Morgan fingerprint density at radius 1 is 1.10 bits per heavy atom. The number of hydrogen-bond donors (Lipinski definition) is 1. The van der Waals surface area contributed by atoms with Gasteiger partial charge in [-0.05, 0) is 47.5 Å². The number of hydrogen-bond acceptors (Lipinski definition) is 4. The standard InChI is InChI=1S/C22H18FN3O3/c1-14(18-8-4-6-15-5-2-3-7-19(15)18)24-20(27)13-26-22(28)29-21(25-26)16-9-11-17(23)12-10-16/h2-12,14H,13H2,1H3,(H,24,27). The van der Waals surface area contributed by atoms with Crippen molar-refractivity contribution in [2.45, 2.75) is 19.5 Å². The number of amides is 1. The minimum atomic E-state index is -0.753. The first-order valence-corrected chi connectivity index (χ1v) is 9.12. The molecule has 0 aliphatic carbocycles. The predicted octanol–water partition coefficient (Wildman–Crippen LogP) is 3.67. The molecule has 0 aliphatic rings. The van der Waals surface area contributed by atoms with Crippen LogP contribution in [0.3, 0.4) is 0 Å². The number of halogens is 1. The highest BCUT2D eigenvalue weighted by Crippen LogP contribution is 2.24. The second kappa shape index (κ2) is 7.71. The van der Waals surface area contributed by atoms with Gasteiger partial charge in [-0.25, -0.2) is 9.18 Å². The van der Waals surface area contributed by atoms with Crippen molar-refractivity contribution in [1.29, 1.82) is 0 Å². The van der Waals surface area contributed by atoms with Gasteiger partial charge in [-0.15, -0.1) is 5.10 Å². The summed E-state index contributed by atoms with van der Waals surface area (Å²) in [6.45, 7) is 1.60. The van der Waals surface area contributed by atoms with Gasteiger partial charge < -0.3 is 9.73 Å². The Bertz CT molecular complexity index is 1220. The highest BCUT2D eigenvalue weighted by atomic mass is 19.1. The smallest absolute Gasteiger partial charge is 0.388 e. The third-order valence-corrected chi connectivity index (χ3v) is 4.66. The van der Waals surface area contributed by atoms with E-state index in [2.05, 4.69) is 10.4 Å². The topological polar surface area (TPSA) is 77.1 Å². The van der Waals surface area contributed by atoms with Crippen molar-refractivity contribution in [2.24, 2.45) is 0 Å². The van der Waals surface area contributed by atoms with Gasteiger partial charge in [0.1, 0.15) is 12.4 Å². The first-order chi connectivity index (χ1) is 14.0. The zero-order chi connectivity index (χ0) is 20.4. The second-order valence-electron chi connectivity index (χ2n) is 6.70. The molecule has 0 aliphatic heterocycles. The van der Waals surface area contributed by atoms with Gasteiger partial charge in [0.25, 0.3) is 0 Å². The fourth-order valence-corrected chi connectivity index (χ4v) is 3.24. The number of nitrogens with one attached hydrogen (secondary N) is 1. The average Bonchev–Trinajstić information content (AvgIpc) is 3.08. The minimum Gasteiger partial charge on any atom is -0.388 e. The summed E-state index contributed by atoms with van der Waals surface area (Å²) in [5.74, 6) is -1.49. The zero-order valence-corrected chi connectivity index (χ0v) is 15.6. The number of carbonyl (C=O) groups is 1. The Morgan fingerprint density at radius 3 is 2.62 bits per heavy atom. The van der Waals surface area contributed by atoms with Crippen LogP contribution in [-0.2, 0) is 11.3 Å². The molecule has 4 rings (SSSR count). The highest BCUT2D eigenvalue weighted by molar-refractivity contribution is 5.86. The molecule has 6 nitrogen and oxygen atoms in total. The Kier molecular flexibility index (Phi) is 4.95. The van der Waals surface area contributed by atoms with Crippen LogP contribution >= 0.6 is 0 Å². The van der Waals surface area contributed by atoms with Crippen LogP contribution in [0.4, 0.5) is 4.39 Å². The molecule has 1 amide bonds. The second-order valence-corrected chi connectivity index (χ2v) is 6.70. The maximum atomic E-state index is 13.0. The molecule has 0 fully saturated rings. The summed E-state index contributed by atoms with van der Waals surface area (Å²) in [4.78, 5) is 24.5. The Hall–Kier alpha value is -3.74. The van der Waals surface area contributed by atoms with E-state index in [1.807, 2.05) is 49.4 Å². The summed E-state index contributed by atoms with van der Waals surface area (Å²) >= 11 is 0. The molecular formula is C22H18FN3O3. The SMILES string of the molecule is CC(NC(=O)Cn1nc(-c2ccc(F)cc2)oc1=O)c1cccc2ccccc12. The summed E-state index contributed by atoms with van der Waals surface area (Å²) in [5, 5.41) is 9.07. The first kappa shape index (κ1) is 18.6. The maximum absolute atomic E-state index is 13.0. The summed E-state index contributed by atoms with van der Waals surface area (Å²) in [7, 11) is 0. The summed E-state index contributed by atoms with van der Waals surface area (Å²) < 4.78 is 19.1. The molecule has 0 spiro atoms. The molecule has 4 aromatic rings. The number of carbonyl (C=O) groups excluding carboxylic acids is 1. The first-order valence-electron chi connectivity index (χ1n) is 9.12. The van der Waals surface area contributed by atoms with Gasteiger partial charge in [0.05, 0.1) is 6.04 Å². The molecule has 0 bridgehead atoms. The van der Waals surface area contributed by atoms with Crippen molar-refractivity contribution in [3.63, 3.8) is 0 Å². The molecule has 0 saturated carbocycles. The number of benzene rings is 3. The molecule has 1 atom stereocenters. The average molecular weight is 391 g/mol. The Labute approximate surface area is 165 Å². The van der Waals surface area contributed by atoms with E-state index < -0.39 is 11.6 Å². The third-order valence-electron chi connectivity index (χ3n) is 4.66. The predicted molar refractivity (Wildman–Crippen MR) is 107 cm³/mol. The van der Waals surface area contributed by atoms with Crippen LogP contribution in [0.2, 0.25) is 0 Å². The van der Waals surface area contributed by atoms with Crippen LogP contribution in [0.1, 0.15) is 18.5 Å². The van der Waals surface area contributed by atoms with Gasteiger partial charge in [0, 0.05) is 5.56 Å². The van der Waals surface area contributed by atoms with E-state index in [0.29, 0.717) is 5.56 Å². The van der Waals surface area contributed by atoms with E-state index in [-0.39, 0.29) is 24.4 Å². The van der Waals surface area contributed by atoms with E-state index in [1.165, 1.54) is 24.3 Å². The number of rotatable bonds is 5. The number of aromatic nitrogens is 2. The van der Waals surface area contributed by atoms with Crippen molar-refractivity contribution in [3.8, 4) is 11.5 Å². The van der Waals surface area contributed by atoms with Gasteiger partial charge in [-0.3, -0.25) is 4.79 Å². The molecular weight excluding hydrogens is 373 g/mol. The Morgan fingerprint density at radius 2 is 1.83 bits per heavy atom. The summed E-state index contributed by atoms with van der Waals surface area (Å²) in [6.07, 6.45) is 0. The fourth-order valence-electron chi connectivity index (χ4n) is 3.24. The molecule has 1 aromatic heterocycles. The van der Waals surface area contributed by atoms with Gasteiger partial charge in [-0.1, -0.05) is 42.5 Å². The lowest BCUT2D eigenvalue weighted by Crippen LogP contribution is -2.33. The van der Waals surface area contributed by atoms with Crippen molar-refractivity contribution >= 4 is 16.7 Å². The van der Waals surface area contributed by atoms with Crippen LogP contribution in [0.15, 0.2) is 75.9 Å². The molecule has 7 heteroatoms. The van der Waals surface area contributed by atoms with E-state index in [0.717, 1.165) is 21.0 Å². The number of nitrogens with zero attached hydrogens (tertiary/aromatic N) is 2. The zero-order valence-electron chi connectivity index (χ0n) is 15.6. The minimum absolute atomic E-state index is 0.0323. The molecule has 1 heterocycles. The maximum Gasteiger partial charge on any atom is 0.437 e.